The van der Waals surface area contributed by atoms with Crippen LogP contribution in [0.1, 0.15) is 29.1 Å². The van der Waals surface area contributed by atoms with Gasteiger partial charge in [-0.3, -0.25) is 9.59 Å². The van der Waals surface area contributed by atoms with Crippen molar-refractivity contribution in [3.8, 4) is 0 Å². The lowest BCUT2D eigenvalue weighted by Gasteiger charge is -2.05. The number of halogens is 1. The van der Waals surface area contributed by atoms with Crippen molar-refractivity contribution in [3.05, 3.63) is 55.4 Å². The Labute approximate surface area is 156 Å². The van der Waals surface area contributed by atoms with E-state index in [-0.39, 0.29) is 17.9 Å². The van der Waals surface area contributed by atoms with Crippen molar-refractivity contribution in [3.63, 3.8) is 0 Å². The monoisotopic (exact) mass is 417 g/mol. The molecule has 0 aliphatic heterocycles. The van der Waals surface area contributed by atoms with Crippen LogP contribution in [-0.2, 0) is 24.1 Å². The van der Waals surface area contributed by atoms with Gasteiger partial charge in [-0.25, -0.2) is 4.98 Å². The molecule has 25 heavy (non-hydrogen) atoms. The first kappa shape index (κ1) is 16.5. The standard InChI is InChI=1S/C18H16BrN3O2S/c19-10-3-1-4-11(9-10)20-15(23)8-7-14-21-17(24)16-12-5-2-6-13(12)25-18(16)22-14/h1,3-4,9H,2,5-8H2,(H,20,23)(H,21,22,24). The predicted molar refractivity (Wildman–Crippen MR) is 103 cm³/mol. The Bertz CT molecular complexity index is 1020. The van der Waals surface area contributed by atoms with E-state index in [1.54, 1.807) is 11.3 Å². The molecule has 0 unspecified atom stereocenters. The maximum absolute atomic E-state index is 12.4. The minimum Gasteiger partial charge on any atom is -0.326 e. The molecule has 2 N–H and O–H groups in total. The summed E-state index contributed by atoms with van der Waals surface area (Å²) in [5.74, 6) is 0.469. The average molecular weight is 418 g/mol. The number of amides is 1. The molecule has 0 radical (unpaired) electrons. The number of nitrogens with zero attached hydrogens (tertiary/aromatic N) is 1. The fraction of sp³-hybridized carbons (Fsp3) is 0.278. The molecule has 2 heterocycles. The van der Waals surface area contributed by atoms with Gasteiger partial charge in [0.2, 0.25) is 5.91 Å². The van der Waals surface area contributed by atoms with Gasteiger partial charge in [-0.1, -0.05) is 22.0 Å². The zero-order valence-electron chi connectivity index (χ0n) is 13.4. The zero-order valence-corrected chi connectivity index (χ0v) is 15.8. The van der Waals surface area contributed by atoms with Crippen molar-refractivity contribution >= 4 is 49.1 Å². The van der Waals surface area contributed by atoms with Gasteiger partial charge in [0.1, 0.15) is 10.7 Å². The number of fused-ring (bicyclic) bond motifs is 3. The number of aromatic amines is 1. The molecule has 1 amide bonds. The number of hydrogen-bond donors (Lipinski definition) is 2. The first-order valence-electron chi connectivity index (χ1n) is 8.19. The summed E-state index contributed by atoms with van der Waals surface area (Å²) in [4.78, 5) is 34.0. The number of aromatic nitrogens is 2. The molecule has 5 nitrogen and oxygen atoms in total. The molecular weight excluding hydrogens is 402 g/mol. The largest absolute Gasteiger partial charge is 0.326 e. The zero-order chi connectivity index (χ0) is 17.4. The van der Waals surface area contributed by atoms with Crippen molar-refractivity contribution in [1.82, 2.24) is 9.97 Å². The first-order valence-corrected chi connectivity index (χ1v) is 9.80. The van der Waals surface area contributed by atoms with Gasteiger partial charge >= 0.3 is 0 Å². The summed E-state index contributed by atoms with van der Waals surface area (Å²) in [5, 5.41) is 3.60. The minimum absolute atomic E-state index is 0.0770. The summed E-state index contributed by atoms with van der Waals surface area (Å²) in [6, 6.07) is 7.44. The Morgan fingerprint density at radius 1 is 1.36 bits per heavy atom. The Kier molecular flexibility index (Phi) is 4.43. The lowest BCUT2D eigenvalue weighted by atomic mass is 10.2. The number of H-pyrrole nitrogens is 1. The van der Waals surface area contributed by atoms with Crippen LogP contribution in [0.3, 0.4) is 0 Å². The Balaban J connectivity index is 1.48. The highest BCUT2D eigenvalue weighted by molar-refractivity contribution is 9.10. The maximum atomic E-state index is 12.4. The van der Waals surface area contributed by atoms with E-state index >= 15 is 0 Å². The Hall–Kier alpha value is -1.99. The van der Waals surface area contributed by atoms with Crippen molar-refractivity contribution < 1.29 is 4.79 Å². The van der Waals surface area contributed by atoms with E-state index < -0.39 is 0 Å². The second-order valence-corrected chi connectivity index (χ2v) is 8.11. The van der Waals surface area contributed by atoms with Crippen LogP contribution in [0.15, 0.2) is 33.5 Å². The molecule has 7 heteroatoms. The number of nitrogens with one attached hydrogen (secondary N) is 2. The predicted octanol–water partition coefficient (Wildman–Crippen LogP) is 3.81. The van der Waals surface area contributed by atoms with Gasteiger partial charge in [0.15, 0.2) is 0 Å². The number of carbonyl (C=O) groups excluding carboxylic acids is 1. The van der Waals surface area contributed by atoms with Crippen molar-refractivity contribution in [2.24, 2.45) is 0 Å². The summed E-state index contributed by atoms with van der Waals surface area (Å²) < 4.78 is 0.910. The molecule has 0 bridgehead atoms. The third kappa shape index (κ3) is 3.39. The summed E-state index contributed by atoms with van der Waals surface area (Å²) in [5.41, 5.74) is 1.84. The summed E-state index contributed by atoms with van der Waals surface area (Å²) >= 11 is 4.99. The normalized spacial score (nSPS) is 13.2. The molecule has 0 saturated carbocycles. The summed E-state index contributed by atoms with van der Waals surface area (Å²) in [7, 11) is 0. The highest BCUT2D eigenvalue weighted by Gasteiger charge is 2.21. The van der Waals surface area contributed by atoms with Crippen LogP contribution in [0, 0.1) is 0 Å². The molecule has 2 aromatic heterocycles. The maximum Gasteiger partial charge on any atom is 0.259 e. The van der Waals surface area contributed by atoms with Crippen LogP contribution in [0.5, 0.6) is 0 Å². The molecular formula is C18H16BrN3O2S. The van der Waals surface area contributed by atoms with Gasteiger partial charge in [0.05, 0.1) is 5.39 Å². The van der Waals surface area contributed by atoms with Crippen LogP contribution in [0.2, 0.25) is 0 Å². The lowest BCUT2D eigenvalue weighted by molar-refractivity contribution is -0.116. The molecule has 1 aliphatic carbocycles. The number of anilines is 1. The van der Waals surface area contributed by atoms with Gasteiger partial charge in [-0.2, -0.15) is 0 Å². The van der Waals surface area contributed by atoms with E-state index in [9.17, 15) is 9.59 Å². The molecule has 0 atom stereocenters. The molecule has 4 rings (SSSR count). The average Bonchev–Trinajstić information content (AvgIpc) is 3.13. The van der Waals surface area contributed by atoms with Gasteiger partial charge in [-0.15, -0.1) is 11.3 Å². The van der Waals surface area contributed by atoms with E-state index in [2.05, 4.69) is 31.2 Å². The van der Waals surface area contributed by atoms with Gasteiger partial charge in [-0.05, 0) is 43.0 Å². The van der Waals surface area contributed by atoms with Crippen molar-refractivity contribution in [1.29, 1.82) is 0 Å². The summed E-state index contributed by atoms with van der Waals surface area (Å²) in [6.45, 7) is 0. The third-order valence-corrected chi connectivity index (χ3v) is 6.00. The second kappa shape index (κ2) is 6.72. The van der Waals surface area contributed by atoms with E-state index in [0.717, 1.165) is 39.6 Å². The molecule has 0 spiro atoms. The van der Waals surface area contributed by atoms with E-state index in [4.69, 9.17) is 0 Å². The number of aryl methyl sites for hydroxylation is 3. The van der Waals surface area contributed by atoms with Gasteiger partial charge in [0.25, 0.3) is 5.56 Å². The molecule has 0 saturated heterocycles. The Morgan fingerprint density at radius 3 is 3.08 bits per heavy atom. The molecule has 128 valence electrons. The lowest BCUT2D eigenvalue weighted by Crippen LogP contribution is -2.16. The van der Waals surface area contributed by atoms with Gasteiger partial charge < -0.3 is 10.3 Å². The number of carbonyl (C=O) groups is 1. The number of thiophene rings is 1. The Morgan fingerprint density at radius 2 is 2.24 bits per heavy atom. The van der Waals surface area contributed by atoms with Crippen LogP contribution in [0.25, 0.3) is 10.2 Å². The fourth-order valence-electron chi connectivity index (χ4n) is 3.19. The second-order valence-electron chi connectivity index (χ2n) is 6.11. The molecule has 1 aromatic carbocycles. The van der Waals surface area contributed by atoms with E-state index in [1.807, 2.05) is 24.3 Å². The van der Waals surface area contributed by atoms with Crippen LogP contribution < -0.4 is 10.9 Å². The molecule has 0 fully saturated rings. The topological polar surface area (TPSA) is 74.8 Å². The first-order chi connectivity index (χ1) is 12.1. The highest BCUT2D eigenvalue weighted by atomic mass is 79.9. The van der Waals surface area contributed by atoms with Crippen LogP contribution in [-0.4, -0.2) is 15.9 Å². The molecule has 3 aromatic rings. The van der Waals surface area contributed by atoms with Crippen molar-refractivity contribution in [2.75, 3.05) is 5.32 Å². The molecule has 1 aliphatic rings. The number of benzene rings is 1. The van der Waals surface area contributed by atoms with Crippen molar-refractivity contribution in [2.45, 2.75) is 32.1 Å². The third-order valence-electron chi connectivity index (χ3n) is 4.32. The van der Waals surface area contributed by atoms with E-state index in [1.165, 1.54) is 10.4 Å². The SMILES string of the molecule is O=C(CCc1nc2sc3c(c2c(=O)[nH]1)CCC3)Nc1cccc(Br)c1. The smallest absolute Gasteiger partial charge is 0.259 e. The van der Waals surface area contributed by atoms with Crippen LogP contribution in [0.4, 0.5) is 5.69 Å². The number of rotatable bonds is 4. The van der Waals surface area contributed by atoms with E-state index in [0.29, 0.717) is 12.2 Å². The fourth-order valence-corrected chi connectivity index (χ4v) is 4.87. The highest BCUT2D eigenvalue weighted by Crippen LogP contribution is 2.34. The minimum atomic E-state index is -0.102. The number of hydrogen-bond acceptors (Lipinski definition) is 4. The quantitative estimate of drug-likeness (QED) is 0.677. The van der Waals surface area contributed by atoms with Crippen LogP contribution >= 0.6 is 27.3 Å². The summed E-state index contributed by atoms with van der Waals surface area (Å²) in [6.07, 6.45) is 3.81. The van der Waals surface area contributed by atoms with Gasteiger partial charge in [0, 0.05) is 27.9 Å².